The van der Waals surface area contributed by atoms with Crippen LogP contribution in [-0.4, -0.2) is 16.2 Å². The van der Waals surface area contributed by atoms with Crippen molar-refractivity contribution in [2.75, 3.05) is 0 Å². The topological polar surface area (TPSA) is 75.7 Å². The molecule has 5 nitrogen and oxygen atoms in total. The number of rotatable bonds is 3. The van der Waals surface area contributed by atoms with Gasteiger partial charge in [0.25, 0.3) is 5.69 Å². The summed E-state index contributed by atoms with van der Waals surface area (Å²) < 4.78 is 0. The molecule has 5 heteroatoms. The highest BCUT2D eigenvalue weighted by molar-refractivity contribution is 6.05. The smallest absolute Gasteiger partial charge is 0.277 e. The zero-order chi connectivity index (χ0) is 18.1. The first-order valence-electron chi connectivity index (χ1n) is 8.06. The lowest BCUT2D eigenvalue weighted by Gasteiger charge is -2.06. The lowest BCUT2D eigenvalue weighted by atomic mass is 10.0. The number of phenolic OH excluding ortho intramolecular Hbond substituents is 1. The predicted molar refractivity (Wildman–Crippen MR) is 103 cm³/mol. The number of aromatic hydroxyl groups is 1. The maximum Gasteiger partial charge on any atom is 0.277 e. The van der Waals surface area contributed by atoms with Gasteiger partial charge >= 0.3 is 0 Å². The van der Waals surface area contributed by atoms with Gasteiger partial charge in [-0.2, -0.15) is 0 Å². The largest absolute Gasteiger partial charge is 0.507 e. The summed E-state index contributed by atoms with van der Waals surface area (Å²) >= 11 is 0. The van der Waals surface area contributed by atoms with E-state index in [9.17, 15) is 15.2 Å². The van der Waals surface area contributed by atoms with E-state index in [-0.39, 0.29) is 11.4 Å². The Morgan fingerprint density at radius 3 is 2.31 bits per heavy atom. The van der Waals surface area contributed by atoms with E-state index >= 15 is 0 Å². The van der Waals surface area contributed by atoms with Crippen molar-refractivity contribution in [3.63, 3.8) is 0 Å². The standard InChI is InChI=1S/C21H14N2O3/c24-21-12-9-14-5-1-2-6-15(14)18(21)13-22-19-10-11-20(23(25)26)17-8-4-3-7-16(17)19/h1-13,24H. The maximum atomic E-state index is 11.2. The van der Waals surface area contributed by atoms with Gasteiger partial charge in [0.05, 0.1) is 16.0 Å². The first kappa shape index (κ1) is 15.8. The molecule has 0 bridgehead atoms. The second-order valence-corrected chi connectivity index (χ2v) is 5.88. The van der Waals surface area contributed by atoms with E-state index < -0.39 is 4.92 Å². The number of hydrogen-bond donors (Lipinski definition) is 1. The van der Waals surface area contributed by atoms with Gasteiger partial charge in [-0.25, -0.2) is 0 Å². The van der Waals surface area contributed by atoms with E-state index in [2.05, 4.69) is 4.99 Å². The fraction of sp³-hybridized carbons (Fsp3) is 0. The molecule has 0 aromatic heterocycles. The highest BCUT2D eigenvalue weighted by Crippen LogP contribution is 2.33. The van der Waals surface area contributed by atoms with Gasteiger partial charge in [0.2, 0.25) is 0 Å². The van der Waals surface area contributed by atoms with E-state index in [0.29, 0.717) is 22.0 Å². The molecular weight excluding hydrogens is 328 g/mol. The number of fused-ring (bicyclic) bond motifs is 2. The summed E-state index contributed by atoms with van der Waals surface area (Å²) in [5, 5.41) is 24.6. The van der Waals surface area contributed by atoms with E-state index in [1.165, 1.54) is 6.07 Å². The van der Waals surface area contributed by atoms with Crippen LogP contribution < -0.4 is 0 Å². The number of nitrogens with zero attached hydrogens (tertiary/aromatic N) is 2. The van der Waals surface area contributed by atoms with Gasteiger partial charge in [-0.05, 0) is 29.0 Å². The molecule has 0 radical (unpaired) electrons. The van der Waals surface area contributed by atoms with Crippen molar-refractivity contribution in [2.24, 2.45) is 4.99 Å². The Hall–Kier alpha value is -3.73. The van der Waals surface area contributed by atoms with Crippen LogP contribution in [0.1, 0.15) is 5.56 Å². The highest BCUT2D eigenvalue weighted by Gasteiger charge is 2.13. The monoisotopic (exact) mass is 342 g/mol. The van der Waals surface area contributed by atoms with Gasteiger partial charge in [0.15, 0.2) is 0 Å². The molecule has 0 heterocycles. The van der Waals surface area contributed by atoms with Crippen LogP contribution in [0.5, 0.6) is 5.75 Å². The number of nitro benzene ring substituents is 1. The van der Waals surface area contributed by atoms with E-state index in [1.54, 1.807) is 36.5 Å². The van der Waals surface area contributed by atoms with Crippen molar-refractivity contribution in [3.8, 4) is 5.75 Å². The minimum Gasteiger partial charge on any atom is -0.507 e. The molecule has 0 unspecified atom stereocenters. The lowest BCUT2D eigenvalue weighted by molar-refractivity contribution is -0.383. The molecule has 0 aliphatic rings. The Balaban J connectivity index is 1.88. The zero-order valence-corrected chi connectivity index (χ0v) is 13.7. The summed E-state index contributed by atoms with van der Waals surface area (Å²) in [5.41, 5.74) is 1.27. The molecule has 4 aromatic rings. The quantitative estimate of drug-likeness (QED) is 0.309. The molecule has 0 saturated carbocycles. The van der Waals surface area contributed by atoms with Crippen LogP contribution in [0, 0.1) is 10.1 Å². The molecule has 26 heavy (non-hydrogen) atoms. The van der Waals surface area contributed by atoms with Crippen molar-refractivity contribution >= 4 is 39.1 Å². The van der Waals surface area contributed by atoms with Gasteiger partial charge in [-0.3, -0.25) is 15.1 Å². The number of non-ortho nitro benzene ring substituents is 1. The molecule has 1 N–H and O–H groups in total. The summed E-state index contributed by atoms with van der Waals surface area (Å²) in [6, 6.07) is 21.4. The first-order chi connectivity index (χ1) is 12.6. The summed E-state index contributed by atoms with van der Waals surface area (Å²) in [5.74, 6) is 0.138. The number of nitro groups is 1. The third-order valence-electron chi connectivity index (χ3n) is 4.36. The van der Waals surface area contributed by atoms with Gasteiger partial charge < -0.3 is 5.11 Å². The Kier molecular flexibility index (Phi) is 3.82. The average Bonchev–Trinajstić information content (AvgIpc) is 2.67. The number of benzene rings is 4. The zero-order valence-electron chi connectivity index (χ0n) is 13.7. The average molecular weight is 342 g/mol. The Morgan fingerprint density at radius 1 is 0.846 bits per heavy atom. The van der Waals surface area contributed by atoms with E-state index in [4.69, 9.17) is 0 Å². The summed E-state index contributed by atoms with van der Waals surface area (Å²) in [6.45, 7) is 0. The lowest BCUT2D eigenvalue weighted by Crippen LogP contribution is -1.90. The molecule has 0 amide bonds. The normalized spacial score (nSPS) is 11.4. The molecule has 0 saturated heterocycles. The Morgan fingerprint density at radius 2 is 1.54 bits per heavy atom. The fourth-order valence-electron chi connectivity index (χ4n) is 3.09. The van der Waals surface area contributed by atoms with Crippen LogP contribution in [0.4, 0.5) is 11.4 Å². The summed E-state index contributed by atoms with van der Waals surface area (Å²) in [4.78, 5) is 15.3. The van der Waals surface area contributed by atoms with Crippen molar-refractivity contribution in [1.82, 2.24) is 0 Å². The third kappa shape index (κ3) is 2.65. The fourth-order valence-corrected chi connectivity index (χ4v) is 3.09. The van der Waals surface area contributed by atoms with Crippen LogP contribution in [0.15, 0.2) is 77.8 Å². The number of phenols is 1. The SMILES string of the molecule is O=[N+]([O-])c1ccc(N=Cc2c(O)ccc3ccccc23)c2ccccc12. The summed E-state index contributed by atoms with van der Waals surface area (Å²) in [7, 11) is 0. The predicted octanol–water partition coefficient (Wildman–Crippen LogP) is 5.36. The molecule has 0 spiro atoms. The number of aliphatic imine (C=N–C) groups is 1. The van der Waals surface area contributed by atoms with Crippen molar-refractivity contribution in [3.05, 3.63) is 88.5 Å². The highest BCUT2D eigenvalue weighted by atomic mass is 16.6. The molecule has 4 aromatic carbocycles. The third-order valence-corrected chi connectivity index (χ3v) is 4.36. The molecule has 0 aliphatic carbocycles. The minimum absolute atomic E-state index is 0.0487. The van der Waals surface area contributed by atoms with Gasteiger partial charge in [-0.15, -0.1) is 0 Å². The molecule has 4 rings (SSSR count). The van der Waals surface area contributed by atoms with E-state index in [1.807, 2.05) is 36.4 Å². The molecular formula is C21H14N2O3. The van der Waals surface area contributed by atoms with Crippen molar-refractivity contribution < 1.29 is 10.0 Å². The van der Waals surface area contributed by atoms with Crippen LogP contribution >= 0.6 is 0 Å². The number of hydrogen-bond acceptors (Lipinski definition) is 4. The van der Waals surface area contributed by atoms with Gasteiger partial charge in [0.1, 0.15) is 5.75 Å². The maximum absolute atomic E-state index is 11.2. The Bertz CT molecular complexity index is 1180. The second-order valence-electron chi connectivity index (χ2n) is 5.88. The molecule has 0 atom stereocenters. The van der Waals surface area contributed by atoms with Crippen LogP contribution in [0.3, 0.4) is 0 Å². The van der Waals surface area contributed by atoms with Crippen molar-refractivity contribution in [2.45, 2.75) is 0 Å². The van der Waals surface area contributed by atoms with E-state index in [0.717, 1.165) is 10.8 Å². The first-order valence-corrected chi connectivity index (χ1v) is 8.06. The minimum atomic E-state index is -0.396. The summed E-state index contributed by atoms with van der Waals surface area (Å²) in [6.07, 6.45) is 1.60. The van der Waals surface area contributed by atoms with Crippen molar-refractivity contribution in [1.29, 1.82) is 0 Å². The second kappa shape index (κ2) is 6.29. The van der Waals surface area contributed by atoms with Gasteiger partial charge in [0, 0.05) is 23.2 Å². The van der Waals surface area contributed by atoms with Crippen LogP contribution in [0.25, 0.3) is 21.5 Å². The van der Waals surface area contributed by atoms with Crippen LogP contribution in [0.2, 0.25) is 0 Å². The Labute approximate surface area is 149 Å². The molecule has 126 valence electrons. The van der Waals surface area contributed by atoms with Crippen LogP contribution in [-0.2, 0) is 0 Å². The molecule has 0 fully saturated rings. The van der Waals surface area contributed by atoms with Gasteiger partial charge in [-0.1, -0.05) is 48.5 Å². The molecule has 0 aliphatic heterocycles.